The Morgan fingerprint density at radius 3 is 2.65 bits per heavy atom. The first kappa shape index (κ1) is 14.5. The fourth-order valence-corrected chi connectivity index (χ4v) is 2.59. The van der Waals surface area contributed by atoms with Crippen molar-refractivity contribution in [3.8, 4) is 5.75 Å². The summed E-state index contributed by atoms with van der Waals surface area (Å²) in [6.07, 6.45) is 6.05. The molecule has 20 heavy (non-hydrogen) atoms. The monoisotopic (exact) mass is 277 g/mol. The molecule has 5 heteroatoms. The first-order chi connectivity index (χ1) is 9.58. The Morgan fingerprint density at radius 1 is 1.35 bits per heavy atom. The SMILES string of the molecule is CC(=O)c1cc([N+](=O)[O-])ccc1OCC1CCCCC1. The van der Waals surface area contributed by atoms with Crippen molar-refractivity contribution in [2.45, 2.75) is 39.0 Å². The van der Waals surface area contributed by atoms with Crippen molar-refractivity contribution in [3.63, 3.8) is 0 Å². The predicted octanol–water partition coefficient (Wildman–Crippen LogP) is 3.76. The molecule has 0 atom stereocenters. The van der Waals surface area contributed by atoms with Crippen LogP contribution < -0.4 is 4.74 Å². The van der Waals surface area contributed by atoms with Crippen LogP contribution in [0.15, 0.2) is 18.2 Å². The Kier molecular flexibility index (Phi) is 4.71. The summed E-state index contributed by atoms with van der Waals surface area (Å²) in [5, 5.41) is 10.7. The molecule has 1 fully saturated rings. The van der Waals surface area contributed by atoms with Crippen molar-refractivity contribution >= 4 is 11.5 Å². The van der Waals surface area contributed by atoms with Crippen LogP contribution in [0, 0.1) is 16.0 Å². The average molecular weight is 277 g/mol. The summed E-state index contributed by atoms with van der Waals surface area (Å²) in [4.78, 5) is 21.8. The van der Waals surface area contributed by atoms with Gasteiger partial charge in [-0.15, -0.1) is 0 Å². The molecule has 0 radical (unpaired) electrons. The number of Topliss-reactive ketones (excluding diaryl/α,β-unsaturated/α-hetero) is 1. The van der Waals surface area contributed by atoms with Crippen LogP contribution >= 0.6 is 0 Å². The zero-order valence-electron chi connectivity index (χ0n) is 11.6. The second-order valence-electron chi connectivity index (χ2n) is 5.31. The third-order valence-corrected chi connectivity index (χ3v) is 3.75. The molecule has 1 aliphatic carbocycles. The van der Waals surface area contributed by atoms with Crippen molar-refractivity contribution in [2.75, 3.05) is 6.61 Å². The summed E-state index contributed by atoms with van der Waals surface area (Å²) >= 11 is 0. The highest BCUT2D eigenvalue weighted by Gasteiger charge is 2.18. The Hall–Kier alpha value is -1.91. The van der Waals surface area contributed by atoms with E-state index in [0.29, 0.717) is 18.3 Å². The molecule has 0 saturated heterocycles. The number of nitro benzene ring substituents is 1. The normalized spacial score (nSPS) is 15.8. The number of hydrogen-bond acceptors (Lipinski definition) is 4. The molecule has 1 saturated carbocycles. The van der Waals surface area contributed by atoms with Gasteiger partial charge in [0.05, 0.1) is 17.1 Å². The number of non-ortho nitro benzene ring substituents is 1. The zero-order valence-corrected chi connectivity index (χ0v) is 11.6. The molecule has 0 bridgehead atoms. The summed E-state index contributed by atoms with van der Waals surface area (Å²) in [5.74, 6) is 0.764. The van der Waals surface area contributed by atoms with Crippen LogP contribution in [0.25, 0.3) is 0 Å². The molecule has 0 N–H and O–H groups in total. The molecule has 1 aliphatic rings. The van der Waals surface area contributed by atoms with Crippen molar-refractivity contribution < 1.29 is 14.5 Å². The molecule has 0 aromatic heterocycles. The molecule has 1 aromatic carbocycles. The van der Waals surface area contributed by atoms with E-state index in [4.69, 9.17) is 4.74 Å². The molecule has 108 valence electrons. The first-order valence-electron chi connectivity index (χ1n) is 7.00. The maximum absolute atomic E-state index is 11.6. The van der Waals surface area contributed by atoms with Gasteiger partial charge in [0.15, 0.2) is 5.78 Å². The lowest BCUT2D eigenvalue weighted by molar-refractivity contribution is -0.384. The second-order valence-corrected chi connectivity index (χ2v) is 5.31. The van der Waals surface area contributed by atoms with E-state index in [9.17, 15) is 14.9 Å². The predicted molar refractivity (Wildman–Crippen MR) is 75.2 cm³/mol. The van der Waals surface area contributed by atoms with E-state index < -0.39 is 4.92 Å². The topological polar surface area (TPSA) is 69.4 Å². The Morgan fingerprint density at radius 2 is 2.05 bits per heavy atom. The molecular formula is C15H19NO4. The van der Waals surface area contributed by atoms with E-state index in [1.54, 1.807) is 0 Å². The summed E-state index contributed by atoms with van der Waals surface area (Å²) < 4.78 is 5.73. The highest BCUT2D eigenvalue weighted by Crippen LogP contribution is 2.28. The third-order valence-electron chi connectivity index (χ3n) is 3.75. The van der Waals surface area contributed by atoms with E-state index in [2.05, 4.69) is 0 Å². The fourth-order valence-electron chi connectivity index (χ4n) is 2.59. The quantitative estimate of drug-likeness (QED) is 0.467. The van der Waals surface area contributed by atoms with Gasteiger partial charge in [0.2, 0.25) is 0 Å². The highest BCUT2D eigenvalue weighted by atomic mass is 16.6. The van der Waals surface area contributed by atoms with Crippen LogP contribution in [-0.2, 0) is 0 Å². The lowest BCUT2D eigenvalue weighted by Crippen LogP contribution is -2.16. The molecule has 1 aromatic rings. The molecule has 0 unspecified atom stereocenters. The van der Waals surface area contributed by atoms with Crippen LogP contribution in [0.3, 0.4) is 0 Å². The van der Waals surface area contributed by atoms with E-state index in [0.717, 1.165) is 12.8 Å². The van der Waals surface area contributed by atoms with Crippen molar-refractivity contribution in [1.82, 2.24) is 0 Å². The number of ether oxygens (including phenoxy) is 1. The van der Waals surface area contributed by atoms with Crippen LogP contribution in [0.4, 0.5) is 5.69 Å². The molecule has 2 rings (SSSR count). The molecule has 0 heterocycles. The third kappa shape index (κ3) is 3.56. The number of carbonyl (C=O) groups excluding carboxylic acids is 1. The fraction of sp³-hybridized carbons (Fsp3) is 0.533. The Bertz CT molecular complexity index is 507. The second kappa shape index (κ2) is 6.50. The summed E-state index contributed by atoms with van der Waals surface area (Å²) in [6, 6.07) is 4.19. The van der Waals surface area contributed by atoms with Gasteiger partial charge in [-0.1, -0.05) is 19.3 Å². The minimum Gasteiger partial charge on any atom is -0.493 e. The van der Waals surface area contributed by atoms with Gasteiger partial charge in [0.1, 0.15) is 5.75 Å². The van der Waals surface area contributed by atoms with Gasteiger partial charge in [-0.05, 0) is 31.7 Å². The minimum atomic E-state index is -0.503. The number of nitro groups is 1. The minimum absolute atomic E-state index is 0.0831. The standard InChI is InChI=1S/C15H19NO4/c1-11(17)14-9-13(16(18)19)7-8-15(14)20-10-12-5-3-2-4-6-12/h7-9,12H,2-6,10H2,1H3. The van der Waals surface area contributed by atoms with Gasteiger partial charge in [-0.2, -0.15) is 0 Å². The number of ketones is 1. The number of nitrogens with zero attached hydrogens (tertiary/aromatic N) is 1. The van der Waals surface area contributed by atoms with Crippen LogP contribution in [0.2, 0.25) is 0 Å². The van der Waals surface area contributed by atoms with Crippen molar-refractivity contribution in [1.29, 1.82) is 0 Å². The largest absolute Gasteiger partial charge is 0.493 e. The molecule has 0 aliphatic heterocycles. The van der Waals surface area contributed by atoms with Gasteiger partial charge in [-0.25, -0.2) is 0 Å². The average Bonchev–Trinajstić information content (AvgIpc) is 2.45. The molecule has 0 amide bonds. The molecule has 5 nitrogen and oxygen atoms in total. The maximum Gasteiger partial charge on any atom is 0.270 e. The summed E-state index contributed by atoms with van der Waals surface area (Å²) in [6.45, 7) is 1.98. The Balaban J connectivity index is 2.09. The lowest BCUT2D eigenvalue weighted by atomic mass is 9.90. The van der Waals surface area contributed by atoms with E-state index in [1.807, 2.05) is 0 Å². The Labute approximate surface area is 118 Å². The number of carbonyl (C=O) groups is 1. The van der Waals surface area contributed by atoms with E-state index in [-0.39, 0.29) is 17.0 Å². The lowest BCUT2D eigenvalue weighted by Gasteiger charge is -2.22. The van der Waals surface area contributed by atoms with Crippen molar-refractivity contribution in [3.05, 3.63) is 33.9 Å². The van der Waals surface area contributed by atoms with E-state index >= 15 is 0 Å². The number of rotatable bonds is 5. The van der Waals surface area contributed by atoms with Crippen LogP contribution in [-0.4, -0.2) is 17.3 Å². The molecular weight excluding hydrogens is 258 g/mol. The van der Waals surface area contributed by atoms with Gasteiger partial charge < -0.3 is 4.74 Å². The summed E-state index contributed by atoms with van der Waals surface area (Å²) in [5.41, 5.74) is 0.204. The van der Waals surface area contributed by atoms with E-state index in [1.165, 1.54) is 44.4 Å². The van der Waals surface area contributed by atoms with Gasteiger partial charge >= 0.3 is 0 Å². The zero-order chi connectivity index (χ0) is 14.5. The summed E-state index contributed by atoms with van der Waals surface area (Å²) in [7, 11) is 0. The first-order valence-corrected chi connectivity index (χ1v) is 7.00. The van der Waals surface area contributed by atoms with Crippen LogP contribution in [0.1, 0.15) is 49.4 Å². The highest BCUT2D eigenvalue weighted by molar-refractivity contribution is 5.97. The van der Waals surface area contributed by atoms with Gasteiger partial charge in [-0.3, -0.25) is 14.9 Å². The smallest absolute Gasteiger partial charge is 0.270 e. The van der Waals surface area contributed by atoms with Gasteiger partial charge in [0.25, 0.3) is 5.69 Å². The molecule has 0 spiro atoms. The number of benzene rings is 1. The maximum atomic E-state index is 11.6. The van der Waals surface area contributed by atoms with Crippen molar-refractivity contribution in [2.24, 2.45) is 5.92 Å². The number of hydrogen-bond donors (Lipinski definition) is 0. The van der Waals surface area contributed by atoms with Gasteiger partial charge in [0, 0.05) is 12.1 Å². The van der Waals surface area contributed by atoms with Crippen LogP contribution in [0.5, 0.6) is 5.75 Å².